The summed E-state index contributed by atoms with van der Waals surface area (Å²) in [6, 6.07) is 15.7. The predicted molar refractivity (Wildman–Crippen MR) is 98.9 cm³/mol. The number of nitrogens with zero attached hydrogens (tertiary/aromatic N) is 2. The Hall–Kier alpha value is -2.40. The number of carbonyl (C=O) groups excluding carboxylic acids is 1. The zero-order chi connectivity index (χ0) is 17.2. The first-order valence-electron chi connectivity index (χ1n) is 7.92. The molecule has 2 heterocycles. The minimum Gasteiger partial charge on any atom is -0.310 e. The highest BCUT2D eigenvalue weighted by Crippen LogP contribution is 2.26. The highest BCUT2D eigenvalue weighted by atomic mass is 32.1. The summed E-state index contributed by atoms with van der Waals surface area (Å²) in [5, 5.41) is 9.70. The van der Waals surface area contributed by atoms with Crippen molar-refractivity contribution in [2.75, 3.05) is 5.32 Å². The molecule has 0 aliphatic heterocycles. The van der Waals surface area contributed by atoms with Gasteiger partial charge in [-0.2, -0.15) is 5.10 Å². The fraction of sp³-hybridized carbons (Fsp3) is 0.263. The summed E-state index contributed by atoms with van der Waals surface area (Å²) in [7, 11) is 0. The lowest BCUT2D eigenvalue weighted by Gasteiger charge is -2.14. The molecule has 4 nitrogen and oxygen atoms in total. The quantitative estimate of drug-likeness (QED) is 0.765. The molecule has 0 saturated carbocycles. The molecule has 0 spiro atoms. The van der Waals surface area contributed by atoms with Gasteiger partial charge in [0.15, 0.2) is 0 Å². The molecule has 24 heavy (non-hydrogen) atoms. The number of carbonyl (C=O) groups is 1. The van der Waals surface area contributed by atoms with Crippen molar-refractivity contribution in [3.63, 3.8) is 0 Å². The van der Waals surface area contributed by atoms with Gasteiger partial charge in [-0.1, -0.05) is 45.0 Å². The lowest BCUT2D eigenvalue weighted by Crippen LogP contribution is -2.16. The zero-order valence-corrected chi connectivity index (χ0v) is 14.9. The van der Waals surface area contributed by atoms with Crippen LogP contribution >= 0.6 is 11.3 Å². The molecule has 0 aliphatic rings. The van der Waals surface area contributed by atoms with Gasteiger partial charge in [-0.25, -0.2) is 4.68 Å². The normalized spacial score (nSPS) is 11.5. The number of hydrogen-bond donors (Lipinski definition) is 1. The van der Waals surface area contributed by atoms with Crippen LogP contribution in [-0.4, -0.2) is 15.7 Å². The minimum absolute atomic E-state index is 0.0324. The SMILES string of the molecule is CC(C)(C)c1cc(NC(=O)Cc2cccs2)n(-c2ccccc2)n1. The highest BCUT2D eigenvalue weighted by Gasteiger charge is 2.21. The molecule has 0 saturated heterocycles. The average molecular weight is 339 g/mol. The first kappa shape index (κ1) is 16.5. The predicted octanol–water partition coefficient (Wildman–Crippen LogP) is 4.41. The molecule has 0 aliphatic carbocycles. The molecule has 1 amide bonds. The molecule has 3 aromatic rings. The Balaban J connectivity index is 1.90. The monoisotopic (exact) mass is 339 g/mol. The number of amides is 1. The molecule has 3 rings (SSSR count). The molecule has 0 atom stereocenters. The molecular formula is C19H21N3OS. The van der Waals surface area contributed by atoms with Crippen molar-refractivity contribution in [1.82, 2.24) is 9.78 Å². The van der Waals surface area contributed by atoms with Crippen molar-refractivity contribution in [2.45, 2.75) is 32.6 Å². The van der Waals surface area contributed by atoms with Gasteiger partial charge < -0.3 is 5.32 Å². The van der Waals surface area contributed by atoms with Crippen LogP contribution in [0.15, 0.2) is 53.9 Å². The Morgan fingerprint density at radius 1 is 1.17 bits per heavy atom. The van der Waals surface area contributed by atoms with E-state index < -0.39 is 0 Å². The zero-order valence-electron chi connectivity index (χ0n) is 14.1. The molecule has 0 fully saturated rings. The van der Waals surface area contributed by atoms with Crippen LogP contribution in [0.1, 0.15) is 31.3 Å². The highest BCUT2D eigenvalue weighted by molar-refractivity contribution is 7.10. The number of thiophene rings is 1. The van der Waals surface area contributed by atoms with Crippen molar-refractivity contribution in [1.29, 1.82) is 0 Å². The van der Waals surface area contributed by atoms with Gasteiger partial charge in [-0.05, 0) is 23.6 Å². The number of aromatic nitrogens is 2. The summed E-state index contributed by atoms with van der Waals surface area (Å²) in [5.74, 6) is 0.669. The maximum Gasteiger partial charge on any atom is 0.230 e. The number of rotatable bonds is 4. The van der Waals surface area contributed by atoms with Crippen molar-refractivity contribution in [2.24, 2.45) is 0 Å². The van der Waals surface area contributed by atoms with Gasteiger partial charge >= 0.3 is 0 Å². The lowest BCUT2D eigenvalue weighted by molar-refractivity contribution is -0.115. The number of para-hydroxylation sites is 1. The van der Waals surface area contributed by atoms with Crippen molar-refractivity contribution < 1.29 is 4.79 Å². The maximum atomic E-state index is 12.4. The summed E-state index contributed by atoms with van der Waals surface area (Å²) in [5.41, 5.74) is 1.78. The summed E-state index contributed by atoms with van der Waals surface area (Å²) in [4.78, 5) is 13.4. The van der Waals surface area contributed by atoms with Crippen LogP contribution in [0.4, 0.5) is 5.82 Å². The smallest absolute Gasteiger partial charge is 0.230 e. The Bertz CT molecular complexity index is 814. The van der Waals surface area contributed by atoms with Crippen molar-refractivity contribution in [3.8, 4) is 5.69 Å². The third kappa shape index (κ3) is 3.74. The van der Waals surface area contributed by atoms with E-state index >= 15 is 0 Å². The van der Waals surface area contributed by atoms with E-state index in [2.05, 4.69) is 26.1 Å². The molecule has 1 N–H and O–H groups in total. The van der Waals surface area contributed by atoms with Gasteiger partial charge in [0, 0.05) is 16.4 Å². The second-order valence-electron chi connectivity index (χ2n) is 6.72. The topological polar surface area (TPSA) is 46.9 Å². The summed E-state index contributed by atoms with van der Waals surface area (Å²) in [6.07, 6.45) is 0.377. The van der Waals surface area contributed by atoms with E-state index in [0.29, 0.717) is 12.2 Å². The van der Waals surface area contributed by atoms with Gasteiger partial charge in [0.05, 0.1) is 17.8 Å². The molecule has 2 aromatic heterocycles. The summed E-state index contributed by atoms with van der Waals surface area (Å²) in [6.45, 7) is 6.34. The number of anilines is 1. The molecule has 5 heteroatoms. The first-order valence-corrected chi connectivity index (χ1v) is 8.79. The number of nitrogens with one attached hydrogen (secondary N) is 1. The van der Waals surface area contributed by atoms with E-state index in [1.54, 1.807) is 16.0 Å². The van der Waals surface area contributed by atoms with Crippen molar-refractivity contribution in [3.05, 3.63) is 64.5 Å². The van der Waals surface area contributed by atoms with Gasteiger partial charge in [0.25, 0.3) is 0 Å². The standard InChI is InChI=1S/C19H21N3OS/c1-19(2,3)16-13-17(20-18(23)12-15-10-7-11-24-15)22(21-16)14-8-5-4-6-9-14/h4-11,13H,12H2,1-3H3,(H,20,23). The summed E-state index contributed by atoms with van der Waals surface area (Å²) < 4.78 is 1.80. The second kappa shape index (κ2) is 6.61. The van der Waals surface area contributed by atoms with Gasteiger partial charge in [-0.3, -0.25) is 4.79 Å². The van der Waals surface area contributed by atoms with E-state index in [-0.39, 0.29) is 11.3 Å². The van der Waals surface area contributed by atoms with Crippen LogP contribution in [0.5, 0.6) is 0 Å². The van der Waals surface area contributed by atoms with Gasteiger partial charge in [0.2, 0.25) is 5.91 Å². The van der Waals surface area contributed by atoms with Crippen LogP contribution in [0.3, 0.4) is 0 Å². The minimum atomic E-state index is -0.0900. The van der Waals surface area contributed by atoms with Crippen molar-refractivity contribution >= 4 is 23.1 Å². The van der Waals surface area contributed by atoms with Crippen LogP contribution in [0.2, 0.25) is 0 Å². The maximum absolute atomic E-state index is 12.4. The van der Waals surface area contributed by atoms with Crippen LogP contribution in [0.25, 0.3) is 5.69 Å². The summed E-state index contributed by atoms with van der Waals surface area (Å²) >= 11 is 1.59. The van der Waals surface area contributed by atoms with Gasteiger partial charge in [0.1, 0.15) is 5.82 Å². The molecular weight excluding hydrogens is 318 g/mol. The third-order valence-electron chi connectivity index (χ3n) is 3.66. The van der Waals surface area contributed by atoms with Crippen LogP contribution < -0.4 is 5.32 Å². The molecule has 0 bridgehead atoms. The van der Waals surface area contributed by atoms with E-state index in [0.717, 1.165) is 16.3 Å². The molecule has 124 valence electrons. The third-order valence-corrected chi connectivity index (χ3v) is 4.54. The Labute approximate surface area is 146 Å². The van der Waals surface area contributed by atoms with Gasteiger partial charge in [-0.15, -0.1) is 11.3 Å². The van der Waals surface area contributed by atoms with Crippen LogP contribution in [0, 0.1) is 0 Å². The van der Waals surface area contributed by atoms with E-state index in [4.69, 9.17) is 5.10 Å². The molecule has 1 aromatic carbocycles. The van der Waals surface area contributed by atoms with E-state index in [1.165, 1.54) is 0 Å². The Kier molecular flexibility index (Phi) is 4.53. The largest absolute Gasteiger partial charge is 0.310 e. The molecule has 0 unspecified atom stereocenters. The molecule has 0 radical (unpaired) electrons. The number of benzene rings is 1. The number of hydrogen-bond acceptors (Lipinski definition) is 3. The Morgan fingerprint density at radius 3 is 2.54 bits per heavy atom. The average Bonchev–Trinajstić information content (AvgIpc) is 3.17. The van der Waals surface area contributed by atoms with E-state index in [1.807, 2.05) is 53.9 Å². The van der Waals surface area contributed by atoms with Crippen LogP contribution in [-0.2, 0) is 16.6 Å². The Morgan fingerprint density at radius 2 is 1.92 bits per heavy atom. The van der Waals surface area contributed by atoms with E-state index in [9.17, 15) is 4.79 Å². The lowest BCUT2D eigenvalue weighted by atomic mass is 9.92. The second-order valence-corrected chi connectivity index (χ2v) is 7.75. The first-order chi connectivity index (χ1) is 11.4. The fourth-order valence-corrected chi connectivity index (χ4v) is 3.06. The fourth-order valence-electron chi connectivity index (χ4n) is 2.36.